The van der Waals surface area contributed by atoms with Crippen molar-refractivity contribution in [3.8, 4) is 0 Å². The van der Waals surface area contributed by atoms with Gasteiger partial charge in [-0.2, -0.15) is 11.3 Å². The number of hydrogen-bond donors (Lipinski definition) is 1. The Bertz CT molecular complexity index is 390. The normalized spacial score (nSPS) is 21.1. The first-order valence-electron chi connectivity index (χ1n) is 8.28. The van der Waals surface area contributed by atoms with Crippen molar-refractivity contribution < 1.29 is 4.74 Å². The van der Waals surface area contributed by atoms with Crippen molar-refractivity contribution in [2.45, 2.75) is 51.6 Å². The van der Waals surface area contributed by atoms with Crippen LogP contribution in [-0.4, -0.2) is 49.3 Å². The zero-order chi connectivity index (χ0) is 15.1. The maximum absolute atomic E-state index is 5.54. The van der Waals surface area contributed by atoms with Gasteiger partial charge < -0.3 is 10.1 Å². The lowest BCUT2D eigenvalue weighted by Gasteiger charge is -2.48. The molecule has 2 unspecified atom stereocenters. The Morgan fingerprint density at radius 2 is 2.14 bits per heavy atom. The molecule has 0 aromatic carbocycles. The monoisotopic (exact) mass is 310 g/mol. The Hall–Kier alpha value is -0.420. The van der Waals surface area contributed by atoms with Gasteiger partial charge in [0.15, 0.2) is 0 Å². The second-order valence-electron chi connectivity index (χ2n) is 6.09. The standard InChI is InChI=1S/C17H30N2OS/c1-4-17(3,19-9-11-20-12-10-19)16(18-5-2)7-6-15-8-13-21-14-15/h8,13-14,16,18H,4-7,9-12H2,1-3H3. The number of likely N-dealkylation sites (N-methyl/N-ethyl adjacent to an activating group) is 1. The van der Waals surface area contributed by atoms with Gasteiger partial charge in [0, 0.05) is 24.7 Å². The van der Waals surface area contributed by atoms with Gasteiger partial charge in [-0.25, -0.2) is 0 Å². The predicted molar refractivity (Wildman–Crippen MR) is 91.2 cm³/mol. The Balaban J connectivity index is 2.04. The Labute approximate surface area is 133 Å². The third kappa shape index (κ3) is 4.28. The highest BCUT2D eigenvalue weighted by Gasteiger charge is 2.38. The molecule has 4 heteroatoms. The van der Waals surface area contributed by atoms with Crippen LogP contribution < -0.4 is 5.32 Å². The predicted octanol–water partition coefficient (Wildman–Crippen LogP) is 3.16. The molecule has 0 radical (unpaired) electrons. The van der Waals surface area contributed by atoms with Crippen LogP contribution in [-0.2, 0) is 11.2 Å². The zero-order valence-electron chi connectivity index (χ0n) is 13.7. The molecule has 0 saturated carbocycles. The van der Waals surface area contributed by atoms with Gasteiger partial charge in [0.05, 0.1) is 13.2 Å². The number of morpholine rings is 1. The largest absolute Gasteiger partial charge is 0.379 e. The molecule has 2 atom stereocenters. The van der Waals surface area contributed by atoms with Crippen molar-refractivity contribution in [1.82, 2.24) is 10.2 Å². The molecule has 1 saturated heterocycles. The molecule has 1 aromatic heterocycles. The molecule has 21 heavy (non-hydrogen) atoms. The van der Waals surface area contributed by atoms with Crippen LogP contribution in [0.5, 0.6) is 0 Å². The van der Waals surface area contributed by atoms with Crippen LogP contribution in [0.3, 0.4) is 0 Å². The third-order valence-electron chi connectivity index (χ3n) is 4.95. The number of nitrogens with one attached hydrogen (secondary N) is 1. The van der Waals surface area contributed by atoms with Gasteiger partial charge in [-0.1, -0.05) is 13.8 Å². The van der Waals surface area contributed by atoms with Gasteiger partial charge in [-0.15, -0.1) is 0 Å². The highest BCUT2D eigenvalue weighted by molar-refractivity contribution is 7.07. The summed E-state index contributed by atoms with van der Waals surface area (Å²) in [7, 11) is 0. The molecule has 0 amide bonds. The molecular formula is C17H30N2OS. The average molecular weight is 311 g/mol. The average Bonchev–Trinajstić information content (AvgIpc) is 3.05. The Kier molecular flexibility index (Phi) is 6.68. The van der Waals surface area contributed by atoms with Crippen molar-refractivity contribution in [3.05, 3.63) is 22.4 Å². The number of thiophene rings is 1. The summed E-state index contributed by atoms with van der Waals surface area (Å²) in [4.78, 5) is 2.64. The molecule has 1 aromatic rings. The molecule has 0 spiro atoms. The molecule has 1 aliphatic heterocycles. The van der Waals surface area contributed by atoms with Crippen LogP contribution in [0.15, 0.2) is 16.8 Å². The SMILES string of the molecule is CCNC(CCc1ccsc1)C(C)(CC)N1CCOCC1. The number of ether oxygens (including phenoxy) is 1. The van der Waals surface area contributed by atoms with E-state index in [0.29, 0.717) is 6.04 Å². The second kappa shape index (κ2) is 8.28. The Morgan fingerprint density at radius 1 is 1.38 bits per heavy atom. The molecule has 2 rings (SSSR count). The van der Waals surface area contributed by atoms with Gasteiger partial charge in [0.1, 0.15) is 0 Å². The van der Waals surface area contributed by atoms with Gasteiger partial charge in [-0.05, 0) is 55.1 Å². The summed E-state index contributed by atoms with van der Waals surface area (Å²) in [5.74, 6) is 0. The summed E-state index contributed by atoms with van der Waals surface area (Å²) < 4.78 is 5.54. The van der Waals surface area contributed by atoms with Crippen LogP contribution in [0.4, 0.5) is 0 Å². The first-order valence-corrected chi connectivity index (χ1v) is 9.22. The summed E-state index contributed by atoms with van der Waals surface area (Å²) in [5.41, 5.74) is 1.69. The minimum absolute atomic E-state index is 0.218. The van der Waals surface area contributed by atoms with E-state index < -0.39 is 0 Å². The Morgan fingerprint density at radius 3 is 2.71 bits per heavy atom. The van der Waals surface area contributed by atoms with Gasteiger partial charge in [-0.3, -0.25) is 4.90 Å². The van der Waals surface area contributed by atoms with Crippen molar-refractivity contribution in [2.75, 3.05) is 32.8 Å². The molecule has 0 aliphatic carbocycles. The topological polar surface area (TPSA) is 24.5 Å². The zero-order valence-corrected chi connectivity index (χ0v) is 14.5. The number of aryl methyl sites for hydroxylation is 1. The van der Waals surface area contributed by atoms with Crippen molar-refractivity contribution >= 4 is 11.3 Å². The lowest BCUT2D eigenvalue weighted by Crippen LogP contribution is -2.61. The fraction of sp³-hybridized carbons (Fsp3) is 0.765. The second-order valence-corrected chi connectivity index (χ2v) is 6.87. The maximum atomic E-state index is 5.54. The molecule has 1 aliphatic rings. The van der Waals surface area contributed by atoms with Gasteiger partial charge >= 0.3 is 0 Å². The molecule has 3 nitrogen and oxygen atoms in total. The van der Waals surface area contributed by atoms with Crippen LogP contribution in [0.25, 0.3) is 0 Å². The van der Waals surface area contributed by atoms with Crippen molar-refractivity contribution in [2.24, 2.45) is 0 Å². The molecule has 2 heterocycles. The molecular weight excluding hydrogens is 280 g/mol. The third-order valence-corrected chi connectivity index (χ3v) is 5.68. The molecule has 120 valence electrons. The molecule has 1 N–H and O–H groups in total. The lowest BCUT2D eigenvalue weighted by molar-refractivity contribution is -0.0331. The highest BCUT2D eigenvalue weighted by Crippen LogP contribution is 2.28. The number of rotatable bonds is 8. The fourth-order valence-corrected chi connectivity index (χ4v) is 4.09. The van der Waals surface area contributed by atoms with E-state index in [9.17, 15) is 0 Å². The van der Waals surface area contributed by atoms with Crippen LogP contribution >= 0.6 is 11.3 Å². The smallest absolute Gasteiger partial charge is 0.0594 e. The fourth-order valence-electron chi connectivity index (χ4n) is 3.39. The first kappa shape index (κ1) is 16.9. The summed E-state index contributed by atoms with van der Waals surface area (Å²) in [6.07, 6.45) is 3.54. The van der Waals surface area contributed by atoms with Crippen LogP contribution in [0, 0.1) is 0 Å². The number of hydrogen-bond acceptors (Lipinski definition) is 4. The first-order chi connectivity index (χ1) is 10.2. The quantitative estimate of drug-likeness (QED) is 0.798. The van der Waals surface area contributed by atoms with E-state index in [2.05, 4.69) is 47.8 Å². The van der Waals surface area contributed by atoms with Crippen molar-refractivity contribution in [1.29, 1.82) is 0 Å². The van der Waals surface area contributed by atoms with Crippen LogP contribution in [0.2, 0.25) is 0 Å². The van der Waals surface area contributed by atoms with E-state index in [4.69, 9.17) is 4.74 Å². The summed E-state index contributed by atoms with van der Waals surface area (Å²) in [5, 5.41) is 8.21. The van der Waals surface area contributed by atoms with E-state index in [1.165, 1.54) is 24.8 Å². The molecule has 0 bridgehead atoms. The van der Waals surface area contributed by atoms with E-state index >= 15 is 0 Å². The minimum Gasteiger partial charge on any atom is -0.379 e. The van der Waals surface area contributed by atoms with Gasteiger partial charge in [0.2, 0.25) is 0 Å². The van der Waals surface area contributed by atoms with E-state index in [-0.39, 0.29) is 5.54 Å². The van der Waals surface area contributed by atoms with E-state index in [1.54, 1.807) is 11.3 Å². The van der Waals surface area contributed by atoms with Crippen molar-refractivity contribution in [3.63, 3.8) is 0 Å². The number of nitrogens with zero attached hydrogens (tertiary/aromatic N) is 1. The van der Waals surface area contributed by atoms with E-state index in [0.717, 1.165) is 32.8 Å². The van der Waals surface area contributed by atoms with Crippen LogP contribution in [0.1, 0.15) is 39.2 Å². The van der Waals surface area contributed by atoms with Gasteiger partial charge in [0.25, 0.3) is 0 Å². The summed E-state index contributed by atoms with van der Waals surface area (Å²) in [6, 6.07) is 2.79. The highest BCUT2D eigenvalue weighted by atomic mass is 32.1. The molecule has 1 fully saturated rings. The van der Waals surface area contributed by atoms with E-state index in [1.807, 2.05) is 0 Å². The minimum atomic E-state index is 0.218. The maximum Gasteiger partial charge on any atom is 0.0594 e. The lowest BCUT2D eigenvalue weighted by atomic mass is 9.83. The summed E-state index contributed by atoms with van der Waals surface area (Å²) >= 11 is 1.80. The summed E-state index contributed by atoms with van der Waals surface area (Å²) in [6.45, 7) is 11.9.